The van der Waals surface area contributed by atoms with Crippen molar-refractivity contribution in [1.82, 2.24) is 15.3 Å². The molecule has 176 valence electrons. The minimum absolute atomic E-state index is 0.101. The normalized spacial score (nSPS) is 13.8. The Labute approximate surface area is 197 Å². The van der Waals surface area contributed by atoms with Crippen molar-refractivity contribution in [2.24, 2.45) is 0 Å². The SMILES string of the molecule is C1CCC1.C1CCNCC1.C=CC(=O)Nc1ccccc1Nc1nc(N)ncc1Cl.CC. The molecule has 1 aromatic carbocycles. The Morgan fingerprint density at radius 3 is 2.09 bits per heavy atom. The Bertz CT molecular complexity index is 791. The molecule has 0 radical (unpaired) electrons. The van der Waals surface area contributed by atoms with Gasteiger partial charge in [0.25, 0.3) is 0 Å². The van der Waals surface area contributed by atoms with Gasteiger partial charge in [0.15, 0.2) is 5.82 Å². The first-order chi connectivity index (χ1) is 15.6. The molecule has 2 heterocycles. The first-order valence-corrected chi connectivity index (χ1v) is 11.8. The van der Waals surface area contributed by atoms with Gasteiger partial charge in [0, 0.05) is 0 Å². The predicted octanol–water partition coefficient (Wildman–Crippen LogP) is 5.93. The number of hydrogen-bond donors (Lipinski definition) is 4. The molecule has 0 atom stereocenters. The van der Waals surface area contributed by atoms with Gasteiger partial charge in [-0.1, -0.05) is 76.3 Å². The molecule has 1 saturated heterocycles. The van der Waals surface area contributed by atoms with Crippen LogP contribution in [-0.4, -0.2) is 29.0 Å². The van der Waals surface area contributed by atoms with Crippen molar-refractivity contribution < 1.29 is 4.79 Å². The van der Waals surface area contributed by atoms with E-state index in [2.05, 4.69) is 32.5 Å². The average molecular weight is 461 g/mol. The van der Waals surface area contributed by atoms with Crippen molar-refractivity contribution in [3.63, 3.8) is 0 Å². The number of piperidine rings is 1. The van der Waals surface area contributed by atoms with Crippen molar-refractivity contribution >= 4 is 40.6 Å². The minimum Gasteiger partial charge on any atom is -0.368 e. The number of carbonyl (C=O) groups excluding carboxylic acids is 1. The van der Waals surface area contributed by atoms with E-state index in [1.807, 2.05) is 19.9 Å². The molecular weight excluding hydrogens is 424 g/mol. The van der Waals surface area contributed by atoms with Crippen LogP contribution in [0.3, 0.4) is 0 Å². The van der Waals surface area contributed by atoms with Gasteiger partial charge in [-0.05, 0) is 44.1 Å². The number of aromatic nitrogens is 2. The summed E-state index contributed by atoms with van der Waals surface area (Å²) in [6.45, 7) is 9.91. The highest BCUT2D eigenvalue weighted by atomic mass is 35.5. The summed E-state index contributed by atoms with van der Waals surface area (Å²) in [5.74, 6) is 0.150. The Hall–Kier alpha value is -2.64. The van der Waals surface area contributed by atoms with Crippen LogP contribution in [0.5, 0.6) is 0 Å². The summed E-state index contributed by atoms with van der Waals surface area (Å²) in [5.41, 5.74) is 6.72. The number of carbonyl (C=O) groups is 1. The van der Waals surface area contributed by atoms with Crippen LogP contribution in [0.1, 0.15) is 58.8 Å². The summed E-state index contributed by atoms with van der Waals surface area (Å²) >= 11 is 5.98. The van der Waals surface area contributed by atoms with Crippen molar-refractivity contribution in [3.8, 4) is 0 Å². The summed E-state index contributed by atoms with van der Waals surface area (Å²) in [7, 11) is 0. The number of nitrogens with one attached hydrogen (secondary N) is 3. The average Bonchev–Trinajstić information content (AvgIpc) is 2.79. The second kappa shape index (κ2) is 17.0. The van der Waals surface area contributed by atoms with E-state index in [9.17, 15) is 4.79 Å². The first kappa shape index (κ1) is 27.4. The van der Waals surface area contributed by atoms with Gasteiger partial charge in [0.05, 0.1) is 17.6 Å². The molecule has 2 aromatic rings. The maximum Gasteiger partial charge on any atom is 0.247 e. The van der Waals surface area contributed by atoms with Gasteiger partial charge in [0.1, 0.15) is 5.02 Å². The van der Waals surface area contributed by atoms with E-state index >= 15 is 0 Å². The fraction of sp³-hybridized carbons (Fsp3) is 0.458. The van der Waals surface area contributed by atoms with Gasteiger partial charge < -0.3 is 21.7 Å². The Balaban J connectivity index is 0.000000345. The van der Waals surface area contributed by atoms with Gasteiger partial charge >= 0.3 is 0 Å². The van der Waals surface area contributed by atoms with Crippen LogP contribution >= 0.6 is 11.6 Å². The molecule has 4 rings (SSSR count). The number of nitrogens with two attached hydrogens (primary N) is 1. The van der Waals surface area contributed by atoms with Gasteiger partial charge in [-0.3, -0.25) is 4.79 Å². The second-order valence-corrected chi connectivity index (χ2v) is 7.42. The van der Waals surface area contributed by atoms with E-state index in [1.165, 1.54) is 70.3 Å². The molecule has 1 aliphatic carbocycles. The molecule has 2 aliphatic rings. The number of nitrogens with zero attached hydrogens (tertiary/aromatic N) is 2. The van der Waals surface area contributed by atoms with Crippen LogP contribution in [0.4, 0.5) is 23.1 Å². The number of para-hydroxylation sites is 2. The number of anilines is 4. The number of amides is 1. The molecule has 5 N–H and O–H groups in total. The van der Waals surface area contributed by atoms with Gasteiger partial charge in [-0.25, -0.2) is 4.98 Å². The molecular formula is C24H37ClN6O. The van der Waals surface area contributed by atoms with E-state index in [0.29, 0.717) is 22.2 Å². The first-order valence-electron chi connectivity index (χ1n) is 11.4. The zero-order valence-corrected chi connectivity index (χ0v) is 20.0. The van der Waals surface area contributed by atoms with E-state index in [1.54, 1.807) is 18.2 Å². The third-order valence-corrected chi connectivity index (χ3v) is 4.87. The summed E-state index contributed by atoms with van der Waals surface area (Å²) in [6.07, 6.45) is 12.8. The molecule has 7 nitrogen and oxygen atoms in total. The summed E-state index contributed by atoms with van der Waals surface area (Å²) in [4.78, 5) is 19.2. The monoisotopic (exact) mass is 460 g/mol. The van der Waals surface area contributed by atoms with Gasteiger partial charge in [0.2, 0.25) is 11.9 Å². The van der Waals surface area contributed by atoms with Crippen LogP contribution in [0.2, 0.25) is 5.02 Å². The standard InChI is InChI=1S/C13H12ClN5O.C5H11N.C4H8.C2H6/c1-2-11(20)17-9-5-3-4-6-10(9)18-12-8(14)7-16-13(15)19-12;1-2-4-6-5-3-1;1-2-4-3-1;1-2/h2-7H,1H2,(H,17,20)(H3,15,16,18,19);6H,1-5H2;1-4H2;1-2H3. The van der Waals surface area contributed by atoms with Gasteiger partial charge in [-0.15, -0.1) is 0 Å². The lowest BCUT2D eigenvalue weighted by molar-refractivity contribution is -0.111. The number of nitrogen functional groups attached to an aromatic ring is 1. The lowest BCUT2D eigenvalue weighted by Gasteiger charge is -2.12. The predicted molar refractivity (Wildman–Crippen MR) is 137 cm³/mol. The smallest absolute Gasteiger partial charge is 0.247 e. The zero-order valence-electron chi connectivity index (χ0n) is 19.3. The quantitative estimate of drug-likeness (QED) is 0.421. The summed E-state index contributed by atoms with van der Waals surface area (Å²) in [5, 5.41) is 9.28. The van der Waals surface area contributed by atoms with Crippen LogP contribution in [0.25, 0.3) is 0 Å². The van der Waals surface area contributed by atoms with E-state index in [0.717, 1.165) is 0 Å². The topological polar surface area (TPSA) is 105 Å². The van der Waals surface area contributed by atoms with Crippen molar-refractivity contribution in [2.75, 3.05) is 29.5 Å². The van der Waals surface area contributed by atoms with Crippen LogP contribution < -0.4 is 21.7 Å². The number of benzene rings is 1. The largest absolute Gasteiger partial charge is 0.368 e. The van der Waals surface area contributed by atoms with Gasteiger partial charge in [-0.2, -0.15) is 4.98 Å². The Morgan fingerprint density at radius 1 is 1.06 bits per heavy atom. The zero-order chi connectivity index (χ0) is 23.6. The van der Waals surface area contributed by atoms with Crippen LogP contribution in [0.15, 0.2) is 43.1 Å². The van der Waals surface area contributed by atoms with Crippen LogP contribution in [0, 0.1) is 0 Å². The third kappa shape index (κ3) is 11.1. The maximum atomic E-state index is 11.4. The third-order valence-electron chi connectivity index (χ3n) is 4.59. The highest BCUT2D eigenvalue weighted by Gasteiger charge is 2.08. The lowest BCUT2D eigenvalue weighted by atomic mass is 10.0. The number of rotatable bonds is 4. The number of hydrogen-bond acceptors (Lipinski definition) is 6. The molecule has 0 spiro atoms. The molecule has 0 unspecified atom stereocenters. The van der Waals surface area contributed by atoms with Crippen molar-refractivity contribution in [3.05, 3.63) is 48.1 Å². The highest BCUT2D eigenvalue weighted by molar-refractivity contribution is 6.33. The molecule has 2 fully saturated rings. The molecule has 1 aromatic heterocycles. The highest BCUT2D eigenvalue weighted by Crippen LogP contribution is 2.28. The summed E-state index contributed by atoms with van der Waals surface area (Å²) < 4.78 is 0. The van der Waals surface area contributed by atoms with Crippen molar-refractivity contribution in [1.29, 1.82) is 0 Å². The molecule has 1 aliphatic heterocycles. The minimum atomic E-state index is -0.312. The number of halogens is 1. The second-order valence-electron chi connectivity index (χ2n) is 7.01. The lowest BCUT2D eigenvalue weighted by Crippen LogP contribution is -2.21. The molecule has 1 amide bonds. The van der Waals surface area contributed by atoms with Crippen LogP contribution in [-0.2, 0) is 4.79 Å². The fourth-order valence-corrected chi connectivity index (χ4v) is 2.67. The summed E-state index contributed by atoms with van der Waals surface area (Å²) in [6, 6.07) is 7.11. The van der Waals surface area contributed by atoms with E-state index < -0.39 is 0 Å². The molecule has 1 saturated carbocycles. The molecule has 32 heavy (non-hydrogen) atoms. The maximum absolute atomic E-state index is 11.4. The van der Waals surface area contributed by atoms with E-state index in [-0.39, 0.29) is 11.9 Å². The van der Waals surface area contributed by atoms with Crippen molar-refractivity contribution in [2.45, 2.75) is 58.8 Å². The molecule has 0 bridgehead atoms. The Kier molecular flexibility index (Phi) is 14.5. The van der Waals surface area contributed by atoms with E-state index in [4.69, 9.17) is 17.3 Å². The Morgan fingerprint density at radius 2 is 1.62 bits per heavy atom. The molecule has 8 heteroatoms. The fourth-order valence-electron chi connectivity index (χ4n) is 2.53.